The van der Waals surface area contributed by atoms with Crippen molar-refractivity contribution in [3.8, 4) is 5.75 Å². The molecule has 0 aliphatic heterocycles. The molecule has 0 unspecified atom stereocenters. The Balaban J connectivity index is 3.65. The fraction of sp³-hybridized carbons (Fsp3) is 0.250. The largest absolute Gasteiger partial charge is 0.495 e. The standard InChI is InChI=1S/C8H8F3NO3S/c1-15-6-4-2-3-5(8(9,10)11)7(6)16(12,13)14/h2-4H,1H3,(H2,12,13,14). The summed E-state index contributed by atoms with van der Waals surface area (Å²) in [6, 6.07) is 2.76. The normalized spacial score (nSPS) is 12.6. The number of benzene rings is 1. The summed E-state index contributed by atoms with van der Waals surface area (Å²) in [5.41, 5.74) is -1.34. The Labute approximate surface area is 89.9 Å². The van der Waals surface area contributed by atoms with Gasteiger partial charge in [-0.25, -0.2) is 13.6 Å². The minimum absolute atomic E-state index is 0.433. The second-order valence-corrected chi connectivity index (χ2v) is 4.38. The molecule has 0 aromatic heterocycles. The molecular weight excluding hydrogens is 247 g/mol. The van der Waals surface area contributed by atoms with E-state index in [1.165, 1.54) is 0 Å². The highest BCUT2D eigenvalue weighted by atomic mass is 32.2. The van der Waals surface area contributed by atoms with Crippen molar-refractivity contribution in [3.05, 3.63) is 23.8 Å². The third-order valence-corrected chi connectivity index (χ3v) is 2.78. The summed E-state index contributed by atoms with van der Waals surface area (Å²) in [5.74, 6) is -0.433. The minimum atomic E-state index is -4.81. The van der Waals surface area contributed by atoms with Gasteiger partial charge in [-0.15, -0.1) is 0 Å². The minimum Gasteiger partial charge on any atom is -0.495 e. The number of alkyl halides is 3. The number of hydrogen-bond acceptors (Lipinski definition) is 3. The average Bonchev–Trinajstić information content (AvgIpc) is 2.13. The summed E-state index contributed by atoms with van der Waals surface area (Å²) in [6.07, 6.45) is -4.81. The number of halogens is 3. The second kappa shape index (κ2) is 3.95. The average molecular weight is 255 g/mol. The van der Waals surface area contributed by atoms with E-state index in [-0.39, 0.29) is 0 Å². The molecule has 0 aliphatic rings. The van der Waals surface area contributed by atoms with Gasteiger partial charge < -0.3 is 4.74 Å². The van der Waals surface area contributed by atoms with E-state index in [2.05, 4.69) is 4.74 Å². The van der Waals surface area contributed by atoms with Gasteiger partial charge in [0.1, 0.15) is 10.6 Å². The molecule has 2 N–H and O–H groups in total. The number of rotatable bonds is 2. The van der Waals surface area contributed by atoms with Crippen molar-refractivity contribution in [2.45, 2.75) is 11.1 Å². The topological polar surface area (TPSA) is 69.4 Å². The predicted octanol–water partition coefficient (Wildman–Crippen LogP) is 1.36. The van der Waals surface area contributed by atoms with Crippen LogP contribution in [0.5, 0.6) is 5.75 Å². The third-order valence-electron chi connectivity index (χ3n) is 1.79. The monoisotopic (exact) mass is 255 g/mol. The zero-order valence-corrected chi connectivity index (χ0v) is 8.89. The lowest BCUT2D eigenvalue weighted by molar-refractivity contribution is -0.140. The number of methoxy groups -OCH3 is 1. The van der Waals surface area contributed by atoms with Crippen molar-refractivity contribution in [1.29, 1.82) is 0 Å². The molecule has 0 saturated carbocycles. The van der Waals surface area contributed by atoms with Gasteiger partial charge in [0, 0.05) is 0 Å². The van der Waals surface area contributed by atoms with Gasteiger partial charge in [-0.2, -0.15) is 13.2 Å². The molecule has 0 bridgehead atoms. The fourth-order valence-corrected chi connectivity index (χ4v) is 2.12. The van der Waals surface area contributed by atoms with Crippen molar-refractivity contribution in [2.75, 3.05) is 7.11 Å². The van der Waals surface area contributed by atoms with Crippen LogP contribution in [0.3, 0.4) is 0 Å². The third kappa shape index (κ3) is 2.45. The molecule has 0 radical (unpaired) electrons. The molecule has 4 nitrogen and oxygen atoms in total. The first-order chi connectivity index (χ1) is 7.18. The summed E-state index contributed by atoms with van der Waals surface area (Å²) in [6.45, 7) is 0. The highest BCUT2D eigenvalue weighted by molar-refractivity contribution is 7.89. The molecule has 90 valence electrons. The van der Waals surface area contributed by atoms with E-state index < -0.39 is 32.4 Å². The SMILES string of the molecule is COc1cccc(C(F)(F)F)c1S(N)(=O)=O. The van der Waals surface area contributed by atoms with E-state index in [0.29, 0.717) is 6.07 Å². The second-order valence-electron chi connectivity index (χ2n) is 2.88. The van der Waals surface area contributed by atoms with E-state index in [0.717, 1.165) is 19.2 Å². The Morgan fingerprint density at radius 2 is 1.88 bits per heavy atom. The van der Waals surface area contributed by atoms with Crippen LogP contribution >= 0.6 is 0 Å². The first kappa shape index (κ1) is 12.8. The quantitative estimate of drug-likeness (QED) is 0.867. The molecule has 1 aromatic rings. The predicted molar refractivity (Wildman–Crippen MR) is 49.4 cm³/mol. The Morgan fingerprint density at radius 3 is 2.25 bits per heavy atom. The lowest BCUT2D eigenvalue weighted by Crippen LogP contribution is -2.19. The molecular formula is C8H8F3NO3S. The first-order valence-electron chi connectivity index (χ1n) is 3.95. The van der Waals surface area contributed by atoms with Gasteiger partial charge in [-0.1, -0.05) is 6.07 Å². The Bertz CT molecular complexity index is 496. The van der Waals surface area contributed by atoms with Gasteiger partial charge in [0.2, 0.25) is 10.0 Å². The highest BCUT2D eigenvalue weighted by Crippen LogP contribution is 2.37. The van der Waals surface area contributed by atoms with E-state index >= 15 is 0 Å². The van der Waals surface area contributed by atoms with Gasteiger partial charge in [0.05, 0.1) is 12.7 Å². The lowest BCUT2D eigenvalue weighted by atomic mass is 10.2. The zero-order valence-electron chi connectivity index (χ0n) is 8.08. The van der Waals surface area contributed by atoms with Crippen molar-refractivity contribution < 1.29 is 26.3 Å². The van der Waals surface area contributed by atoms with E-state index in [1.54, 1.807) is 0 Å². The van der Waals surface area contributed by atoms with Crippen LogP contribution in [0.15, 0.2) is 23.1 Å². The molecule has 1 aromatic carbocycles. The van der Waals surface area contributed by atoms with E-state index in [4.69, 9.17) is 5.14 Å². The molecule has 0 amide bonds. The smallest absolute Gasteiger partial charge is 0.417 e. The van der Waals surface area contributed by atoms with Crippen LogP contribution in [-0.2, 0) is 16.2 Å². The molecule has 0 spiro atoms. The van der Waals surface area contributed by atoms with Gasteiger partial charge >= 0.3 is 6.18 Å². The summed E-state index contributed by atoms with van der Waals surface area (Å²) in [4.78, 5) is -1.05. The van der Waals surface area contributed by atoms with Crippen LogP contribution < -0.4 is 9.88 Å². The number of nitrogens with two attached hydrogens (primary N) is 1. The molecule has 1 rings (SSSR count). The van der Waals surface area contributed by atoms with Crippen LogP contribution in [0.4, 0.5) is 13.2 Å². The Hall–Kier alpha value is -1.28. The Morgan fingerprint density at radius 1 is 1.31 bits per heavy atom. The van der Waals surface area contributed by atoms with Crippen molar-refractivity contribution in [3.63, 3.8) is 0 Å². The maximum absolute atomic E-state index is 12.5. The molecule has 0 aliphatic carbocycles. The molecule has 16 heavy (non-hydrogen) atoms. The lowest BCUT2D eigenvalue weighted by Gasteiger charge is -2.13. The van der Waals surface area contributed by atoms with Crippen molar-refractivity contribution in [1.82, 2.24) is 0 Å². The van der Waals surface area contributed by atoms with Crippen LogP contribution in [0.25, 0.3) is 0 Å². The summed E-state index contributed by atoms with van der Waals surface area (Å²) in [5, 5.41) is 4.72. The molecule has 0 fully saturated rings. The number of ether oxygens (including phenoxy) is 1. The van der Waals surface area contributed by atoms with E-state index in [1.807, 2.05) is 0 Å². The molecule has 8 heteroatoms. The number of sulfonamides is 1. The number of primary sulfonamides is 1. The van der Waals surface area contributed by atoms with Gasteiger partial charge in [-0.3, -0.25) is 0 Å². The van der Waals surface area contributed by atoms with E-state index in [9.17, 15) is 21.6 Å². The number of hydrogen-bond donors (Lipinski definition) is 1. The van der Waals surface area contributed by atoms with Crippen LogP contribution in [0, 0.1) is 0 Å². The zero-order chi connectivity index (χ0) is 12.6. The van der Waals surface area contributed by atoms with Crippen LogP contribution in [0.1, 0.15) is 5.56 Å². The maximum Gasteiger partial charge on any atom is 0.417 e. The van der Waals surface area contributed by atoms with Gasteiger partial charge in [-0.05, 0) is 12.1 Å². The van der Waals surface area contributed by atoms with Crippen molar-refractivity contribution >= 4 is 10.0 Å². The molecule has 0 saturated heterocycles. The summed E-state index contributed by atoms with van der Waals surface area (Å²) < 4.78 is 64.3. The first-order valence-corrected chi connectivity index (χ1v) is 5.49. The molecule has 0 atom stereocenters. The highest BCUT2D eigenvalue weighted by Gasteiger charge is 2.38. The maximum atomic E-state index is 12.5. The van der Waals surface area contributed by atoms with Crippen molar-refractivity contribution in [2.24, 2.45) is 5.14 Å². The van der Waals surface area contributed by atoms with Crippen LogP contribution in [0.2, 0.25) is 0 Å². The summed E-state index contributed by atoms with van der Waals surface area (Å²) >= 11 is 0. The molecule has 0 heterocycles. The fourth-order valence-electron chi connectivity index (χ4n) is 1.19. The van der Waals surface area contributed by atoms with Crippen LogP contribution in [-0.4, -0.2) is 15.5 Å². The van der Waals surface area contributed by atoms with Gasteiger partial charge in [0.25, 0.3) is 0 Å². The summed E-state index contributed by atoms with van der Waals surface area (Å²) in [7, 11) is -3.44. The Kier molecular flexibility index (Phi) is 3.15. The van der Waals surface area contributed by atoms with Gasteiger partial charge in [0.15, 0.2) is 0 Å².